The van der Waals surface area contributed by atoms with Crippen LogP contribution >= 0.6 is 11.6 Å². The molecular weight excluding hydrogens is 453 g/mol. The first-order valence-corrected chi connectivity index (χ1v) is 12.0. The number of aromatic nitrogens is 2. The molecule has 1 fully saturated rings. The molecule has 1 saturated heterocycles. The van der Waals surface area contributed by atoms with Gasteiger partial charge < -0.3 is 11.1 Å². The van der Waals surface area contributed by atoms with Crippen LogP contribution in [0.2, 0.25) is 5.15 Å². The Balaban J connectivity index is 1.39. The van der Waals surface area contributed by atoms with E-state index in [0.717, 1.165) is 5.56 Å². The fraction of sp³-hybridized carbons (Fsp3) is 0.273. The van der Waals surface area contributed by atoms with Crippen molar-refractivity contribution >= 4 is 33.3 Å². The van der Waals surface area contributed by atoms with Gasteiger partial charge in [-0.3, -0.25) is 0 Å². The molecule has 0 saturated carbocycles. The summed E-state index contributed by atoms with van der Waals surface area (Å²) in [5, 5.41) is 3.30. The van der Waals surface area contributed by atoms with Crippen LogP contribution in [0, 0.1) is 11.7 Å². The van der Waals surface area contributed by atoms with Crippen LogP contribution in [-0.4, -0.2) is 35.8 Å². The third-order valence-corrected chi connectivity index (χ3v) is 7.75. The molecule has 0 spiro atoms. The van der Waals surface area contributed by atoms with Crippen molar-refractivity contribution in [3.63, 3.8) is 0 Å². The lowest BCUT2D eigenvalue weighted by Gasteiger charge is -2.34. The number of nitrogens with zero attached hydrogens (tertiary/aromatic N) is 3. The SMILES string of the molecule is N[C@@H](c1ccc(F)cc1)C1CCN(S(=O)(=O)c2ccc(Nc3nccc(Cl)n3)cc2)CC1. The van der Waals surface area contributed by atoms with Crippen LogP contribution in [0.25, 0.3) is 0 Å². The molecule has 4 rings (SSSR count). The van der Waals surface area contributed by atoms with Gasteiger partial charge in [0.25, 0.3) is 0 Å². The van der Waals surface area contributed by atoms with Crippen LogP contribution < -0.4 is 11.1 Å². The second-order valence-corrected chi connectivity index (χ2v) is 10.00. The van der Waals surface area contributed by atoms with Crippen molar-refractivity contribution in [3.05, 3.63) is 77.3 Å². The monoisotopic (exact) mass is 475 g/mol. The predicted molar refractivity (Wildman–Crippen MR) is 122 cm³/mol. The van der Waals surface area contributed by atoms with E-state index < -0.39 is 10.0 Å². The van der Waals surface area contributed by atoms with Crippen LogP contribution in [0.4, 0.5) is 16.0 Å². The van der Waals surface area contributed by atoms with E-state index in [1.807, 2.05) is 0 Å². The summed E-state index contributed by atoms with van der Waals surface area (Å²) < 4.78 is 40.8. The third-order valence-electron chi connectivity index (χ3n) is 5.63. The van der Waals surface area contributed by atoms with Gasteiger partial charge in [-0.05, 0) is 66.8 Å². The zero-order valence-electron chi connectivity index (χ0n) is 17.2. The van der Waals surface area contributed by atoms with Crippen molar-refractivity contribution in [1.82, 2.24) is 14.3 Å². The summed E-state index contributed by atoms with van der Waals surface area (Å²) in [6.07, 6.45) is 2.81. The lowest BCUT2D eigenvalue weighted by atomic mass is 9.86. The number of nitrogens with two attached hydrogens (primary N) is 1. The van der Waals surface area contributed by atoms with Gasteiger partial charge in [0.15, 0.2) is 0 Å². The first-order valence-electron chi connectivity index (χ1n) is 10.2. The highest BCUT2D eigenvalue weighted by Crippen LogP contribution is 2.31. The number of sulfonamides is 1. The van der Waals surface area contributed by atoms with E-state index in [9.17, 15) is 12.8 Å². The summed E-state index contributed by atoms with van der Waals surface area (Å²) in [5.74, 6) is 0.159. The van der Waals surface area contributed by atoms with E-state index in [-0.39, 0.29) is 22.7 Å². The number of nitrogens with one attached hydrogen (secondary N) is 1. The molecule has 7 nitrogen and oxygen atoms in total. The van der Waals surface area contributed by atoms with Crippen molar-refractivity contribution in [3.8, 4) is 0 Å². The molecular formula is C22H23ClFN5O2S. The number of hydrogen-bond donors (Lipinski definition) is 2. The van der Waals surface area contributed by atoms with Gasteiger partial charge in [-0.1, -0.05) is 23.7 Å². The summed E-state index contributed by atoms with van der Waals surface area (Å²) in [4.78, 5) is 8.33. The topological polar surface area (TPSA) is 101 Å². The number of halogens is 2. The zero-order valence-corrected chi connectivity index (χ0v) is 18.7. The van der Waals surface area contributed by atoms with Crippen LogP contribution in [0.15, 0.2) is 65.7 Å². The Kier molecular flexibility index (Phi) is 6.71. The van der Waals surface area contributed by atoms with Gasteiger partial charge in [-0.25, -0.2) is 22.8 Å². The highest BCUT2D eigenvalue weighted by Gasteiger charge is 2.32. The van der Waals surface area contributed by atoms with Crippen molar-refractivity contribution in [2.45, 2.75) is 23.8 Å². The van der Waals surface area contributed by atoms with E-state index in [1.165, 1.54) is 22.6 Å². The lowest BCUT2D eigenvalue weighted by molar-refractivity contribution is 0.245. The maximum Gasteiger partial charge on any atom is 0.243 e. The number of piperidine rings is 1. The molecule has 3 N–H and O–H groups in total. The summed E-state index contributed by atoms with van der Waals surface area (Å²) in [6, 6.07) is 13.9. The van der Waals surface area contributed by atoms with Gasteiger partial charge in [0, 0.05) is 31.0 Å². The zero-order chi connectivity index (χ0) is 22.7. The molecule has 32 heavy (non-hydrogen) atoms. The van der Waals surface area contributed by atoms with E-state index >= 15 is 0 Å². The van der Waals surface area contributed by atoms with Crippen molar-refractivity contribution in [2.24, 2.45) is 11.7 Å². The number of hydrogen-bond acceptors (Lipinski definition) is 6. The van der Waals surface area contributed by atoms with Crippen LogP contribution in [0.3, 0.4) is 0 Å². The molecule has 2 aromatic carbocycles. The fourth-order valence-corrected chi connectivity index (χ4v) is 5.42. The third kappa shape index (κ3) is 5.07. The minimum atomic E-state index is -3.61. The summed E-state index contributed by atoms with van der Waals surface area (Å²) in [5.41, 5.74) is 7.87. The van der Waals surface area contributed by atoms with Crippen molar-refractivity contribution in [1.29, 1.82) is 0 Å². The average molecular weight is 476 g/mol. The quantitative estimate of drug-likeness (QED) is 0.520. The molecule has 0 aliphatic carbocycles. The van der Waals surface area contributed by atoms with E-state index in [2.05, 4.69) is 15.3 Å². The van der Waals surface area contributed by atoms with Crippen LogP contribution in [0.1, 0.15) is 24.4 Å². The molecule has 3 aromatic rings. The van der Waals surface area contributed by atoms with Crippen molar-refractivity contribution < 1.29 is 12.8 Å². The van der Waals surface area contributed by atoms with Gasteiger partial charge in [0.05, 0.1) is 4.90 Å². The standard InChI is InChI=1S/C22H23ClFN5O2S/c23-20-9-12-26-22(28-20)27-18-5-7-19(8-6-18)32(30,31)29-13-10-16(11-14-29)21(25)15-1-3-17(24)4-2-15/h1-9,12,16,21H,10-11,13-14,25H2,(H,26,27,28)/t21-/m0/s1. The first kappa shape index (κ1) is 22.6. The van der Waals surface area contributed by atoms with Gasteiger partial charge in [-0.15, -0.1) is 0 Å². The van der Waals surface area contributed by atoms with Gasteiger partial charge in [-0.2, -0.15) is 4.31 Å². The molecule has 168 valence electrons. The largest absolute Gasteiger partial charge is 0.324 e. The Labute approximate surface area is 191 Å². The Bertz CT molecular complexity index is 1170. The molecule has 2 heterocycles. The van der Waals surface area contributed by atoms with E-state index in [4.69, 9.17) is 17.3 Å². The van der Waals surface area contributed by atoms with Crippen molar-refractivity contribution in [2.75, 3.05) is 18.4 Å². The minimum Gasteiger partial charge on any atom is -0.324 e. The molecule has 10 heteroatoms. The smallest absolute Gasteiger partial charge is 0.243 e. The van der Waals surface area contributed by atoms with Crippen LogP contribution in [-0.2, 0) is 10.0 Å². The van der Waals surface area contributed by atoms with Crippen LogP contribution in [0.5, 0.6) is 0 Å². The normalized spacial score (nSPS) is 16.6. The van der Waals surface area contributed by atoms with E-state index in [1.54, 1.807) is 42.5 Å². The minimum absolute atomic E-state index is 0.135. The molecule has 0 unspecified atom stereocenters. The average Bonchev–Trinajstić information content (AvgIpc) is 2.80. The Hall–Kier alpha value is -2.59. The molecule has 1 aromatic heterocycles. The number of rotatable bonds is 6. The van der Waals surface area contributed by atoms with Gasteiger partial charge >= 0.3 is 0 Å². The van der Waals surface area contributed by atoms with E-state index in [0.29, 0.717) is 42.7 Å². The molecule has 1 aliphatic heterocycles. The second kappa shape index (κ2) is 9.50. The molecule has 0 bridgehead atoms. The Morgan fingerprint density at radius 3 is 2.34 bits per heavy atom. The molecule has 0 amide bonds. The molecule has 0 radical (unpaired) electrons. The van der Waals surface area contributed by atoms with Gasteiger partial charge in [0.2, 0.25) is 16.0 Å². The second-order valence-electron chi connectivity index (χ2n) is 7.67. The fourth-order valence-electron chi connectivity index (χ4n) is 3.82. The lowest BCUT2D eigenvalue weighted by Crippen LogP contribution is -2.40. The molecule has 1 atom stereocenters. The summed E-state index contributed by atoms with van der Waals surface area (Å²) in [7, 11) is -3.61. The maximum absolute atomic E-state index is 13.2. The predicted octanol–water partition coefficient (Wildman–Crippen LogP) is 4.11. The highest BCUT2D eigenvalue weighted by atomic mass is 35.5. The first-order chi connectivity index (χ1) is 15.3. The molecule has 1 aliphatic rings. The Morgan fingerprint density at radius 1 is 1.06 bits per heavy atom. The van der Waals surface area contributed by atoms with Gasteiger partial charge in [0.1, 0.15) is 11.0 Å². The summed E-state index contributed by atoms with van der Waals surface area (Å²) >= 11 is 5.85. The maximum atomic E-state index is 13.2. The summed E-state index contributed by atoms with van der Waals surface area (Å²) in [6.45, 7) is 0.774. The highest BCUT2D eigenvalue weighted by molar-refractivity contribution is 7.89. The number of anilines is 2. The Morgan fingerprint density at radius 2 is 1.72 bits per heavy atom. The number of benzene rings is 2.